The number of rotatable bonds is 5. The molecule has 0 unspecified atom stereocenters. The molecule has 0 saturated carbocycles. The van der Waals surface area contributed by atoms with Gasteiger partial charge in [0.05, 0.1) is 12.2 Å². The molecule has 3 aromatic rings. The van der Waals surface area contributed by atoms with Crippen molar-refractivity contribution in [2.45, 2.75) is 26.2 Å². The molecule has 0 radical (unpaired) electrons. The molecule has 6 heteroatoms. The normalized spacial score (nSPS) is 11.1. The van der Waals surface area contributed by atoms with Gasteiger partial charge in [0.1, 0.15) is 0 Å². The largest absolute Gasteiger partial charge is 0.343 e. The SMILES string of the molecule is CC(C)(C)c1ccc(C(=O)NCC(=O)Nc2cccc(-c3ccn[nH]3)c2)cc1. The summed E-state index contributed by atoms with van der Waals surface area (Å²) in [4.78, 5) is 24.5. The Kier molecular flexibility index (Phi) is 5.59. The Morgan fingerprint density at radius 1 is 1.04 bits per heavy atom. The van der Waals surface area contributed by atoms with Crippen molar-refractivity contribution in [1.82, 2.24) is 15.5 Å². The van der Waals surface area contributed by atoms with Crippen LogP contribution in [0.1, 0.15) is 36.7 Å². The van der Waals surface area contributed by atoms with Gasteiger partial charge < -0.3 is 10.6 Å². The highest BCUT2D eigenvalue weighted by Gasteiger charge is 2.14. The van der Waals surface area contributed by atoms with E-state index in [1.54, 1.807) is 24.4 Å². The Hall–Kier alpha value is -3.41. The summed E-state index contributed by atoms with van der Waals surface area (Å²) in [6.07, 6.45) is 1.67. The predicted molar refractivity (Wildman–Crippen MR) is 110 cm³/mol. The first-order valence-corrected chi connectivity index (χ1v) is 9.11. The van der Waals surface area contributed by atoms with Crippen molar-refractivity contribution in [3.63, 3.8) is 0 Å². The van der Waals surface area contributed by atoms with Crippen LogP contribution in [0.5, 0.6) is 0 Å². The molecule has 0 fully saturated rings. The van der Waals surface area contributed by atoms with Gasteiger partial charge in [-0.1, -0.05) is 45.0 Å². The summed E-state index contributed by atoms with van der Waals surface area (Å²) >= 11 is 0. The highest BCUT2D eigenvalue weighted by Crippen LogP contribution is 2.22. The van der Waals surface area contributed by atoms with Gasteiger partial charge in [-0.15, -0.1) is 0 Å². The van der Waals surface area contributed by atoms with Gasteiger partial charge in [0.15, 0.2) is 0 Å². The van der Waals surface area contributed by atoms with Crippen molar-refractivity contribution >= 4 is 17.5 Å². The van der Waals surface area contributed by atoms with Gasteiger partial charge in [0, 0.05) is 23.0 Å². The van der Waals surface area contributed by atoms with Crippen LogP contribution in [0.15, 0.2) is 60.8 Å². The van der Waals surface area contributed by atoms with Gasteiger partial charge in [-0.05, 0) is 41.3 Å². The number of aromatic amines is 1. The molecule has 3 N–H and O–H groups in total. The maximum atomic E-state index is 12.3. The number of amides is 2. The molecule has 2 amide bonds. The third-order valence-electron chi connectivity index (χ3n) is 4.38. The first kappa shape index (κ1) is 19.4. The number of H-pyrrole nitrogens is 1. The Morgan fingerprint density at radius 2 is 1.79 bits per heavy atom. The predicted octanol–water partition coefficient (Wildman–Crippen LogP) is 3.74. The summed E-state index contributed by atoms with van der Waals surface area (Å²) in [6.45, 7) is 6.25. The van der Waals surface area contributed by atoms with E-state index < -0.39 is 0 Å². The molecular weight excluding hydrogens is 352 g/mol. The zero-order valence-electron chi connectivity index (χ0n) is 16.2. The van der Waals surface area contributed by atoms with Crippen molar-refractivity contribution in [2.75, 3.05) is 11.9 Å². The molecule has 0 bridgehead atoms. The third-order valence-corrected chi connectivity index (χ3v) is 4.38. The second kappa shape index (κ2) is 8.08. The number of anilines is 1. The number of carbonyl (C=O) groups is 2. The van der Waals surface area contributed by atoms with Gasteiger partial charge >= 0.3 is 0 Å². The zero-order chi connectivity index (χ0) is 20.1. The third kappa shape index (κ3) is 4.85. The lowest BCUT2D eigenvalue weighted by Crippen LogP contribution is -2.32. The van der Waals surface area contributed by atoms with Crippen LogP contribution in [0.25, 0.3) is 11.3 Å². The maximum Gasteiger partial charge on any atom is 0.251 e. The summed E-state index contributed by atoms with van der Waals surface area (Å²) in [7, 11) is 0. The molecule has 2 aromatic carbocycles. The van der Waals surface area contributed by atoms with E-state index in [0.29, 0.717) is 11.3 Å². The van der Waals surface area contributed by atoms with E-state index in [1.165, 1.54) is 0 Å². The van der Waals surface area contributed by atoms with Crippen LogP contribution in [0.2, 0.25) is 0 Å². The Bertz CT molecular complexity index is 955. The van der Waals surface area contributed by atoms with Crippen LogP contribution < -0.4 is 10.6 Å². The molecule has 6 nitrogen and oxygen atoms in total. The molecule has 0 saturated heterocycles. The molecule has 0 aliphatic carbocycles. The minimum atomic E-state index is -0.290. The number of nitrogens with zero attached hydrogens (tertiary/aromatic N) is 1. The lowest BCUT2D eigenvalue weighted by atomic mass is 9.87. The maximum absolute atomic E-state index is 12.3. The Balaban J connectivity index is 1.56. The smallest absolute Gasteiger partial charge is 0.251 e. The lowest BCUT2D eigenvalue weighted by molar-refractivity contribution is -0.115. The molecular formula is C22H24N4O2. The minimum Gasteiger partial charge on any atom is -0.343 e. The van der Waals surface area contributed by atoms with E-state index in [0.717, 1.165) is 16.8 Å². The second-order valence-corrected chi connectivity index (χ2v) is 7.61. The van der Waals surface area contributed by atoms with Gasteiger partial charge in [0.2, 0.25) is 5.91 Å². The van der Waals surface area contributed by atoms with Crippen LogP contribution in [-0.4, -0.2) is 28.6 Å². The van der Waals surface area contributed by atoms with Crippen molar-refractivity contribution in [2.24, 2.45) is 0 Å². The minimum absolute atomic E-state index is 0.0274. The first-order chi connectivity index (χ1) is 13.3. The fourth-order valence-electron chi connectivity index (χ4n) is 2.77. The lowest BCUT2D eigenvalue weighted by Gasteiger charge is -2.19. The number of carbonyl (C=O) groups excluding carboxylic acids is 2. The zero-order valence-corrected chi connectivity index (χ0v) is 16.2. The Labute approximate surface area is 164 Å². The summed E-state index contributed by atoms with van der Waals surface area (Å²) in [5.41, 5.74) is 4.14. The quantitative estimate of drug-likeness (QED) is 0.634. The average Bonchev–Trinajstić information content (AvgIpc) is 3.20. The molecule has 0 spiro atoms. The molecule has 3 rings (SSSR count). The molecule has 1 heterocycles. The number of hydrogen-bond donors (Lipinski definition) is 3. The van der Waals surface area contributed by atoms with E-state index in [2.05, 4.69) is 41.6 Å². The average molecular weight is 376 g/mol. The van der Waals surface area contributed by atoms with Crippen molar-refractivity contribution in [3.05, 3.63) is 71.9 Å². The molecule has 0 atom stereocenters. The van der Waals surface area contributed by atoms with Crippen molar-refractivity contribution in [1.29, 1.82) is 0 Å². The van der Waals surface area contributed by atoms with Gasteiger partial charge in [-0.2, -0.15) is 5.10 Å². The van der Waals surface area contributed by atoms with Crippen LogP contribution in [-0.2, 0) is 10.2 Å². The van der Waals surface area contributed by atoms with Crippen LogP contribution in [0.4, 0.5) is 5.69 Å². The van der Waals surface area contributed by atoms with Gasteiger partial charge in [0.25, 0.3) is 5.91 Å². The molecule has 0 aliphatic heterocycles. The van der Waals surface area contributed by atoms with E-state index in [1.807, 2.05) is 36.4 Å². The topological polar surface area (TPSA) is 86.9 Å². The molecule has 0 aliphatic rings. The number of benzene rings is 2. The number of aromatic nitrogens is 2. The fourth-order valence-corrected chi connectivity index (χ4v) is 2.77. The van der Waals surface area contributed by atoms with Gasteiger partial charge in [-0.3, -0.25) is 14.7 Å². The second-order valence-electron chi connectivity index (χ2n) is 7.61. The first-order valence-electron chi connectivity index (χ1n) is 9.11. The van der Waals surface area contributed by atoms with E-state index in [9.17, 15) is 9.59 Å². The highest BCUT2D eigenvalue weighted by molar-refractivity contribution is 5.99. The molecule has 28 heavy (non-hydrogen) atoms. The Morgan fingerprint density at radius 3 is 2.43 bits per heavy atom. The van der Waals surface area contributed by atoms with E-state index in [-0.39, 0.29) is 23.8 Å². The van der Waals surface area contributed by atoms with E-state index in [4.69, 9.17) is 0 Å². The van der Waals surface area contributed by atoms with Crippen LogP contribution in [0.3, 0.4) is 0 Å². The highest BCUT2D eigenvalue weighted by atomic mass is 16.2. The summed E-state index contributed by atoms with van der Waals surface area (Å²) in [5.74, 6) is -0.566. The summed E-state index contributed by atoms with van der Waals surface area (Å²) < 4.78 is 0. The van der Waals surface area contributed by atoms with Crippen LogP contribution >= 0.6 is 0 Å². The summed E-state index contributed by atoms with van der Waals surface area (Å²) in [5, 5.41) is 12.3. The standard InChI is InChI=1S/C22H24N4O2/c1-22(2,3)17-9-7-15(8-10-17)21(28)23-14-20(27)25-18-6-4-5-16(13-18)19-11-12-24-26-19/h4-13H,14H2,1-3H3,(H,23,28)(H,24,26)(H,25,27). The number of hydrogen-bond acceptors (Lipinski definition) is 3. The van der Waals surface area contributed by atoms with Crippen molar-refractivity contribution < 1.29 is 9.59 Å². The summed E-state index contributed by atoms with van der Waals surface area (Å²) in [6, 6.07) is 16.7. The van der Waals surface area contributed by atoms with E-state index >= 15 is 0 Å². The monoisotopic (exact) mass is 376 g/mol. The van der Waals surface area contributed by atoms with Gasteiger partial charge in [-0.25, -0.2) is 0 Å². The van der Waals surface area contributed by atoms with Crippen molar-refractivity contribution in [3.8, 4) is 11.3 Å². The fraction of sp³-hybridized carbons (Fsp3) is 0.227. The van der Waals surface area contributed by atoms with Crippen LogP contribution in [0, 0.1) is 0 Å². The number of nitrogens with one attached hydrogen (secondary N) is 3. The molecule has 1 aromatic heterocycles. The molecule has 144 valence electrons.